The minimum atomic E-state index is 0.470. The fraction of sp³-hybridized carbons (Fsp3) is 0.609. The molecule has 3 aliphatic rings. The van der Waals surface area contributed by atoms with Crippen molar-refractivity contribution in [2.75, 3.05) is 45.9 Å². The predicted octanol–water partition coefficient (Wildman–Crippen LogP) is 3.42. The van der Waals surface area contributed by atoms with Crippen LogP contribution in [0.1, 0.15) is 26.0 Å². The Hall–Kier alpha value is -1.49. The number of hydrogen-bond donors (Lipinski definition) is 0. The van der Waals surface area contributed by atoms with Gasteiger partial charge in [-0.15, -0.1) is 0 Å². The van der Waals surface area contributed by atoms with Gasteiger partial charge >= 0.3 is 0 Å². The van der Waals surface area contributed by atoms with E-state index < -0.39 is 0 Å². The van der Waals surface area contributed by atoms with Gasteiger partial charge in [-0.05, 0) is 29.9 Å². The standard InChI is InChI=1S/C23H31N3O/c1-22(2)15-23(16-25-9-11-27-12-10-25)17-26(14-21(22)23)13-19-8-7-18-5-3-4-6-20(18)24-19/h3-8,21H,9-17H2,1-2H3/t21-,23+/m1/s1. The molecule has 0 N–H and O–H groups in total. The first kappa shape index (κ1) is 17.6. The van der Waals surface area contributed by atoms with Crippen LogP contribution in [0.2, 0.25) is 0 Å². The van der Waals surface area contributed by atoms with Gasteiger partial charge < -0.3 is 4.74 Å². The van der Waals surface area contributed by atoms with E-state index in [2.05, 4.69) is 60.0 Å². The molecule has 0 unspecified atom stereocenters. The third-order valence-electron chi connectivity index (χ3n) is 7.15. The lowest BCUT2D eigenvalue weighted by molar-refractivity contribution is -0.0966. The number of fused-ring (bicyclic) bond motifs is 2. The quantitative estimate of drug-likeness (QED) is 0.830. The van der Waals surface area contributed by atoms with E-state index in [1.54, 1.807) is 0 Å². The second kappa shape index (κ2) is 6.54. The van der Waals surface area contributed by atoms with Crippen LogP contribution in [0.15, 0.2) is 36.4 Å². The molecule has 2 aromatic rings. The van der Waals surface area contributed by atoms with E-state index in [1.165, 1.54) is 37.1 Å². The van der Waals surface area contributed by atoms with Crippen molar-refractivity contribution in [2.24, 2.45) is 16.7 Å². The van der Waals surface area contributed by atoms with Gasteiger partial charge in [0.25, 0.3) is 0 Å². The van der Waals surface area contributed by atoms with Gasteiger partial charge in [0.1, 0.15) is 0 Å². The number of ether oxygens (including phenoxy) is 1. The number of morpholine rings is 1. The third-order valence-corrected chi connectivity index (χ3v) is 7.15. The van der Waals surface area contributed by atoms with Crippen molar-refractivity contribution in [3.8, 4) is 0 Å². The van der Waals surface area contributed by atoms with Crippen molar-refractivity contribution in [1.29, 1.82) is 0 Å². The van der Waals surface area contributed by atoms with E-state index >= 15 is 0 Å². The van der Waals surface area contributed by atoms with Crippen molar-refractivity contribution in [3.63, 3.8) is 0 Å². The molecule has 1 aliphatic carbocycles. The lowest BCUT2D eigenvalue weighted by Crippen LogP contribution is -2.59. The van der Waals surface area contributed by atoms with Crippen LogP contribution >= 0.6 is 0 Å². The van der Waals surface area contributed by atoms with E-state index in [4.69, 9.17) is 9.72 Å². The molecule has 1 aromatic carbocycles. The smallest absolute Gasteiger partial charge is 0.0705 e. The SMILES string of the molecule is CC1(C)C[C@]2(CN3CCOCC3)CN(Cc3ccc4ccccc4n3)C[C@H]12. The molecule has 0 amide bonds. The van der Waals surface area contributed by atoms with Gasteiger partial charge in [0.05, 0.1) is 24.4 Å². The maximum Gasteiger partial charge on any atom is 0.0705 e. The molecule has 0 spiro atoms. The maximum atomic E-state index is 5.56. The summed E-state index contributed by atoms with van der Waals surface area (Å²) in [7, 11) is 0. The van der Waals surface area contributed by atoms with Crippen LogP contribution in [0.3, 0.4) is 0 Å². The van der Waals surface area contributed by atoms with Crippen molar-refractivity contribution in [2.45, 2.75) is 26.8 Å². The van der Waals surface area contributed by atoms with Crippen LogP contribution in [0.25, 0.3) is 10.9 Å². The molecule has 0 radical (unpaired) electrons. The Kier molecular flexibility index (Phi) is 4.26. The Bertz CT molecular complexity index is 829. The summed E-state index contributed by atoms with van der Waals surface area (Å²) >= 11 is 0. The molecule has 1 aromatic heterocycles. The number of hydrogen-bond acceptors (Lipinski definition) is 4. The van der Waals surface area contributed by atoms with Crippen LogP contribution in [0.5, 0.6) is 0 Å². The summed E-state index contributed by atoms with van der Waals surface area (Å²) in [6.45, 7) is 13.6. The molecule has 2 saturated heterocycles. The van der Waals surface area contributed by atoms with Crippen LogP contribution in [0.4, 0.5) is 0 Å². The highest BCUT2D eigenvalue weighted by molar-refractivity contribution is 5.78. The first-order valence-electron chi connectivity index (χ1n) is 10.4. The third kappa shape index (κ3) is 3.18. The highest BCUT2D eigenvalue weighted by atomic mass is 16.5. The number of para-hydroxylation sites is 1. The van der Waals surface area contributed by atoms with Gasteiger partial charge in [0, 0.05) is 50.1 Å². The van der Waals surface area contributed by atoms with E-state index in [0.29, 0.717) is 10.8 Å². The number of likely N-dealkylation sites (tertiary alicyclic amines) is 1. The lowest BCUT2D eigenvalue weighted by atomic mass is 9.48. The monoisotopic (exact) mass is 365 g/mol. The number of benzene rings is 1. The normalized spacial score (nSPS) is 31.0. The molecule has 2 aliphatic heterocycles. The summed E-state index contributed by atoms with van der Waals surface area (Å²) in [6.07, 6.45) is 1.35. The Labute approximate surface area is 162 Å². The molecule has 2 atom stereocenters. The minimum Gasteiger partial charge on any atom is -0.379 e. The van der Waals surface area contributed by atoms with E-state index in [0.717, 1.165) is 44.3 Å². The average Bonchev–Trinajstić information content (AvgIpc) is 2.96. The van der Waals surface area contributed by atoms with E-state index in [1.807, 2.05) is 0 Å². The number of pyridine rings is 1. The van der Waals surface area contributed by atoms with Gasteiger partial charge in [-0.1, -0.05) is 38.1 Å². The second-order valence-electron chi connectivity index (χ2n) is 9.63. The number of rotatable bonds is 4. The molecule has 4 heteroatoms. The molecule has 27 heavy (non-hydrogen) atoms. The molecule has 3 fully saturated rings. The summed E-state index contributed by atoms with van der Waals surface area (Å²) in [5.41, 5.74) is 3.25. The lowest BCUT2D eigenvalue weighted by Gasteiger charge is -2.58. The fourth-order valence-corrected chi connectivity index (χ4v) is 6.19. The van der Waals surface area contributed by atoms with Gasteiger partial charge in [0.15, 0.2) is 0 Å². The summed E-state index contributed by atoms with van der Waals surface area (Å²) < 4.78 is 5.56. The number of aromatic nitrogens is 1. The van der Waals surface area contributed by atoms with Gasteiger partial charge in [-0.2, -0.15) is 0 Å². The van der Waals surface area contributed by atoms with Crippen LogP contribution in [-0.4, -0.2) is 60.7 Å². The molecular weight excluding hydrogens is 334 g/mol. The molecule has 3 heterocycles. The second-order valence-corrected chi connectivity index (χ2v) is 9.63. The van der Waals surface area contributed by atoms with Crippen molar-refractivity contribution >= 4 is 10.9 Å². The Morgan fingerprint density at radius 1 is 1.07 bits per heavy atom. The summed E-state index contributed by atoms with van der Waals surface area (Å²) in [4.78, 5) is 10.2. The Balaban J connectivity index is 1.32. The van der Waals surface area contributed by atoms with Crippen LogP contribution < -0.4 is 0 Å². The largest absolute Gasteiger partial charge is 0.379 e. The van der Waals surface area contributed by atoms with Crippen molar-refractivity contribution < 1.29 is 4.74 Å². The van der Waals surface area contributed by atoms with Crippen LogP contribution in [-0.2, 0) is 11.3 Å². The maximum absolute atomic E-state index is 5.56. The highest BCUT2D eigenvalue weighted by Gasteiger charge is 2.62. The topological polar surface area (TPSA) is 28.6 Å². The van der Waals surface area contributed by atoms with Crippen LogP contribution in [0, 0.1) is 16.7 Å². The highest BCUT2D eigenvalue weighted by Crippen LogP contribution is 2.63. The molecular formula is C23H31N3O. The summed E-state index contributed by atoms with van der Waals surface area (Å²) in [5.74, 6) is 0.799. The van der Waals surface area contributed by atoms with Gasteiger partial charge in [-0.25, -0.2) is 0 Å². The van der Waals surface area contributed by atoms with E-state index in [9.17, 15) is 0 Å². The molecule has 5 rings (SSSR count). The zero-order chi connectivity index (χ0) is 18.5. The predicted molar refractivity (Wildman–Crippen MR) is 109 cm³/mol. The van der Waals surface area contributed by atoms with E-state index in [-0.39, 0.29) is 0 Å². The zero-order valence-corrected chi connectivity index (χ0v) is 16.7. The zero-order valence-electron chi connectivity index (χ0n) is 16.7. The Morgan fingerprint density at radius 2 is 1.89 bits per heavy atom. The molecule has 0 bridgehead atoms. The summed E-state index contributed by atoms with van der Waals surface area (Å²) in [6, 6.07) is 12.9. The number of nitrogens with zero attached hydrogens (tertiary/aromatic N) is 3. The molecule has 144 valence electrons. The van der Waals surface area contributed by atoms with Gasteiger partial charge in [0.2, 0.25) is 0 Å². The van der Waals surface area contributed by atoms with Crippen molar-refractivity contribution in [1.82, 2.24) is 14.8 Å². The van der Waals surface area contributed by atoms with Gasteiger partial charge in [-0.3, -0.25) is 14.8 Å². The summed E-state index contributed by atoms with van der Waals surface area (Å²) in [5, 5.41) is 1.23. The Morgan fingerprint density at radius 3 is 2.70 bits per heavy atom. The van der Waals surface area contributed by atoms with Crippen molar-refractivity contribution in [3.05, 3.63) is 42.1 Å². The molecule has 4 nitrogen and oxygen atoms in total. The first-order valence-corrected chi connectivity index (χ1v) is 10.4. The molecule has 1 saturated carbocycles. The fourth-order valence-electron chi connectivity index (χ4n) is 6.19. The first-order chi connectivity index (χ1) is 13.0. The average molecular weight is 366 g/mol. The minimum absolute atomic E-state index is 0.470.